The molecule has 1 saturated carbocycles. The van der Waals surface area contributed by atoms with Gasteiger partial charge in [0.25, 0.3) is 11.5 Å². The SMILES string of the molecule is Nc1ncnn2c(C3CC(O)C3)cc(-c3ccc(NC(=O)c4c5n(n(-c6ccccc6)c4=O)CCCC5)cc3)c12. The summed E-state index contributed by atoms with van der Waals surface area (Å²) in [4.78, 5) is 31.2. The van der Waals surface area contributed by atoms with Crippen molar-refractivity contribution < 1.29 is 9.90 Å². The molecule has 5 aromatic rings. The number of carbonyl (C=O) groups is 1. The van der Waals surface area contributed by atoms with Gasteiger partial charge in [0.05, 0.1) is 17.5 Å². The molecule has 0 bridgehead atoms. The Bertz CT molecular complexity index is 1800. The maximum Gasteiger partial charge on any atom is 0.284 e. The average molecular weight is 536 g/mol. The van der Waals surface area contributed by atoms with Gasteiger partial charge in [-0.25, -0.2) is 14.2 Å². The summed E-state index contributed by atoms with van der Waals surface area (Å²) in [6.07, 6.45) is 5.12. The van der Waals surface area contributed by atoms with Crippen LogP contribution in [0.4, 0.5) is 11.5 Å². The van der Waals surface area contributed by atoms with Crippen LogP contribution in [0.2, 0.25) is 0 Å². The molecule has 7 rings (SSSR count). The Labute approximate surface area is 229 Å². The second-order valence-electron chi connectivity index (χ2n) is 10.6. The van der Waals surface area contributed by atoms with Crippen molar-refractivity contribution in [2.45, 2.75) is 50.7 Å². The van der Waals surface area contributed by atoms with Crippen molar-refractivity contribution in [2.75, 3.05) is 11.1 Å². The first-order valence-electron chi connectivity index (χ1n) is 13.6. The number of nitrogens with one attached hydrogen (secondary N) is 1. The summed E-state index contributed by atoms with van der Waals surface area (Å²) in [5, 5.41) is 17.2. The van der Waals surface area contributed by atoms with E-state index in [4.69, 9.17) is 5.73 Å². The number of anilines is 2. The van der Waals surface area contributed by atoms with Crippen LogP contribution in [0, 0.1) is 0 Å². The predicted octanol–water partition coefficient (Wildman–Crippen LogP) is 3.76. The first-order chi connectivity index (χ1) is 19.5. The summed E-state index contributed by atoms with van der Waals surface area (Å²) in [5.74, 6) is 0.176. The molecule has 2 aliphatic rings. The number of amides is 1. The maximum atomic E-state index is 13.5. The number of rotatable bonds is 5. The summed E-state index contributed by atoms with van der Waals surface area (Å²) in [6.45, 7) is 0.696. The highest BCUT2D eigenvalue weighted by Crippen LogP contribution is 2.41. The smallest absolute Gasteiger partial charge is 0.284 e. The second-order valence-corrected chi connectivity index (χ2v) is 10.6. The van der Waals surface area contributed by atoms with Gasteiger partial charge in [0, 0.05) is 29.4 Å². The van der Waals surface area contributed by atoms with Crippen molar-refractivity contribution in [3.63, 3.8) is 0 Å². The number of para-hydroxylation sites is 1. The third-order valence-corrected chi connectivity index (χ3v) is 8.10. The zero-order chi connectivity index (χ0) is 27.4. The molecule has 0 unspecified atom stereocenters. The van der Waals surface area contributed by atoms with Crippen molar-refractivity contribution in [1.82, 2.24) is 24.0 Å². The molecule has 4 N–H and O–H groups in total. The van der Waals surface area contributed by atoms with E-state index in [-0.39, 0.29) is 23.1 Å². The molecule has 0 saturated heterocycles. The fourth-order valence-electron chi connectivity index (χ4n) is 6.04. The van der Waals surface area contributed by atoms with Crippen LogP contribution in [0.3, 0.4) is 0 Å². The fourth-order valence-corrected chi connectivity index (χ4v) is 6.04. The lowest BCUT2D eigenvalue weighted by Gasteiger charge is -2.30. The minimum atomic E-state index is -0.407. The molecule has 1 aliphatic heterocycles. The number of aromatic nitrogens is 5. The van der Waals surface area contributed by atoms with Crippen LogP contribution in [-0.4, -0.2) is 41.1 Å². The topological polar surface area (TPSA) is 132 Å². The monoisotopic (exact) mass is 535 g/mol. The van der Waals surface area contributed by atoms with Gasteiger partial charge in [-0.1, -0.05) is 30.3 Å². The number of fused-ring (bicyclic) bond motifs is 2. The fraction of sp³-hybridized carbons (Fsp3) is 0.267. The summed E-state index contributed by atoms with van der Waals surface area (Å²) in [6, 6.07) is 19.0. The van der Waals surface area contributed by atoms with Crippen molar-refractivity contribution in [3.05, 3.63) is 94.3 Å². The molecule has 2 aromatic carbocycles. The number of benzene rings is 2. The second kappa shape index (κ2) is 9.49. The Morgan fingerprint density at radius 1 is 1.05 bits per heavy atom. The van der Waals surface area contributed by atoms with E-state index in [0.717, 1.165) is 46.6 Å². The minimum Gasteiger partial charge on any atom is -0.393 e. The number of hydrogen-bond acceptors (Lipinski definition) is 6. The molecule has 1 aliphatic carbocycles. The van der Waals surface area contributed by atoms with Gasteiger partial charge < -0.3 is 16.2 Å². The summed E-state index contributed by atoms with van der Waals surface area (Å²) >= 11 is 0. The lowest BCUT2D eigenvalue weighted by atomic mass is 9.80. The van der Waals surface area contributed by atoms with Crippen molar-refractivity contribution in [2.24, 2.45) is 0 Å². The largest absolute Gasteiger partial charge is 0.393 e. The number of carbonyl (C=O) groups excluding carboxylic acids is 1. The molecule has 4 heterocycles. The Morgan fingerprint density at radius 2 is 1.82 bits per heavy atom. The molecule has 202 valence electrons. The lowest BCUT2D eigenvalue weighted by molar-refractivity contribution is 0.0726. The lowest BCUT2D eigenvalue weighted by Crippen LogP contribution is -2.27. The van der Waals surface area contributed by atoms with Crippen LogP contribution in [0.15, 0.2) is 71.8 Å². The van der Waals surface area contributed by atoms with E-state index < -0.39 is 5.91 Å². The van der Waals surface area contributed by atoms with Gasteiger partial charge in [0.2, 0.25) is 0 Å². The molecule has 0 radical (unpaired) electrons. The van der Waals surface area contributed by atoms with E-state index in [2.05, 4.69) is 21.5 Å². The van der Waals surface area contributed by atoms with Crippen molar-refractivity contribution >= 4 is 22.9 Å². The van der Waals surface area contributed by atoms with Crippen LogP contribution in [0.1, 0.15) is 53.3 Å². The summed E-state index contributed by atoms with van der Waals surface area (Å²) < 4.78 is 5.39. The van der Waals surface area contributed by atoms with Gasteiger partial charge in [-0.2, -0.15) is 5.10 Å². The molecular formula is C30H29N7O3. The Balaban J connectivity index is 1.20. The quantitative estimate of drug-likeness (QED) is 0.314. The van der Waals surface area contributed by atoms with Gasteiger partial charge in [-0.15, -0.1) is 0 Å². The van der Waals surface area contributed by atoms with E-state index in [0.29, 0.717) is 37.3 Å². The third kappa shape index (κ3) is 3.91. The van der Waals surface area contributed by atoms with E-state index in [1.165, 1.54) is 6.33 Å². The van der Waals surface area contributed by atoms with Crippen LogP contribution in [0.25, 0.3) is 22.3 Å². The van der Waals surface area contributed by atoms with Crippen molar-refractivity contribution in [3.8, 4) is 16.8 Å². The van der Waals surface area contributed by atoms with Crippen LogP contribution < -0.4 is 16.6 Å². The van der Waals surface area contributed by atoms with Crippen molar-refractivity contribution in [1.29, 1.82) is 0 Å². The van der Waals surface area contributed by atoms with Gasteiger partial charge in [-0.05, 0) is 68.0 Å². The first kappa shape index (κ1) is 24.3. The number of nitrogen functional groups attached to an aromatic ring is 1. The molecule has 10 nitrogen and oxygen atoms in total. The van der Waals surface area contributed by atoms with Gasteiger partial charge in [0.1, 0.15) is 17.4 Å². The highest BCUT2D eigenvalue weighted by atomic mass is 16.3. The molecule has 1 amide bonds. The molecular weight excluding hydrogens is 506 g/mol. The highest BCUT2D eigenvalue weighted by Gasteiger charge is 2.32. The van der Waals surface area contributed by atoms with Crippen LogP contribution >= 0.6 is 0 Å². The van der Waals surface area contributed by atoms with E-state index in [1.807, 2.05) is 63.8 Å². The van der Waals surface area contributed by atoms with Crippen LogP contribution in [0.5, 0.6) is 0 Å². The molecule has 10 heteroatoms. The summed E-state index contributed by atoms with van der Waals surface area (Å²) in [7, 11) is 0. The van der Waals surface area contributed by atoms with E-state index >= 15 is 0 Å². The molecule has 1 fully saturated rings. The normalized spacial score (nSPS) is 18.3. The Morgan fingerprint density at radius 3 is 2.58 bits per heavy atom. The molecule has 40 heavy (non-hydrogen) atoms. The Hall–Kier alpha value is -4.70. The molecule has 3 aromatic heterocycles. The Kier molecular flexibility index (Phi) is 5.78. The number of hydrogen-bond donors (Lipinski definition) is 3. The van der Waals surface area contributed by atoms with Gasteiger partial charge >= 0.3 is 0 Å². The zero-order valence-electron chi connectivity index (χ0n) is 21.8. The van der Waals surface area contributed by atoms with Gasteiger partial charge in [0.15, 0.2) is 5.82 Å². The first-order valence-corrected chi connectivity index (χ1v) is 13.6. The number of nitrogens with zero attached hydrogens (tertiary/aromatic N) is 5. The minimum absolute atomic E-state index is 0.198. The zero-order valence-corrected chi connectivity index (χ0v) is 21.8. The number of aliphatic hydroxyl groups is 1. The predicted molar refractivity (Wildman–Crippen MR) is 152 cm³/mol. The van der Waals surface area contributed by atoms with E-state index in [1.54, 1.807) is 4.68 Å². The summed E-state index contributed by atoms with van der Waals surface area (Å²) in [5.41, 5.74) is 11.8. The van der Waals surface area contributed by atoms with E-state index in [9.17, 15) is 14.7 Å². The maximum absolute atomic E-state index is 13.5. The van der Waals surface area contributed by atoms with Gasteiger partial charge in [-0.3, -0.25) is 14.3 Å². The average Bonchev–Trinajstić information content (AvgIpc) is 3.48. The number of aliphatic hydroxyl groups excluding tert-OH is 1. The molecule has 0 atom stereocenters. The molecule has 0 spiro atoms. The third-order valence-electron chi connectivity index (χ3n) is 8.10. The number of nitrogens with two attached hydrogens (primary N) is 1. The van der Waals surface area contributed by atoms with Crippen LogP contribution in [-0.2, 0) is 13.0 Å². The standard InChI is InChI=1S/C30H29N7O3/c31-28-27-23(16-25(19-14-22(38)15-19)36(27)33-17-32-28)18-9-11-20(12-10-18)34-29(39)26-24-8-4-5-13-35(24)37(30(26)40)21-6-2-1-3-7-21/h1-3,6-7,9-12,16-17,19,22,38H,4-5,8,13-15H2,(H,34,39)(H2,31,32,33). The highest BCUT2D eigenvalue weighted by molar-refractivity contribution is 6.05.